The van der Waals surface area contributed by atoms with Crippen LogP contribution in [0.3, 0.4) is 0 Å². The summed E-state index contributed by atoms with van der Waals surface area (Å²) in [6, 6.07) is 6.14. The van der Waals surface area contributed by atoms with Crippen molar-refractivity contribution in [3.05, 3.63) is 28.8 Å². The molecule has 1 aromatic rings. The number of halogens is 1. The summed E-state index contributed by atoms with van der Waals surface area (Å²) in [6.07, 6.45) is 0. The Morgan fingerprint density at radius 2 is 1.94 bits per heavy atom. The quantitative estimate of drug-likeness (QED) is 0.795. The van der Waals surface area contributed by atoms with Crippen LogP contribution in [0, 0.1) is 0 Å². The average Bonchev–Trinajstić information content (AvgIpc) is 2.14. The van der Waals surface area contributed by atoms with Gasteiger partial charge in [0.15, 0.2) is 0 Å². The lowest BCUT2D eigenvalue weighted by atomic mass is 10.1. The van der Waals surface area contributed by atoms with Gasteiger partial charge in [0.1, 0.15) is 0 Å². The van der Waals surface area contributed by atoms with E-state index >= 15 is 0 Å². The first-order valence-electron chi connectivity index (χ1n) is 5.98. The van der Waals surface area contributed by atoms with E-state index in [1.807, 2.05) is 17.8 Å². The Morgan fingerprint density at radius 3 is 2.47 bits per heavy atom. The van der Waals surface area contributed by atoms with Crippen molar-refractivity contribution >= 4 is 23.4 Å². The van der Waals surface area contributed by atoms with Crippen molar-refractivity contribution in [2.45, 2.75) is 56.8 Å². The van der Waals surface area contributed by atoms with E-state index in [0.29, 0.717) is 5.25 Å². The Hall–Kier alpha value is -0.180. The van der Waals surface area contributed by atoms with E-state index in [-0.39, 0.29) is 5.54 Å². The molecule has 0 saturated heterocycles. The maximum absolute atomic E-state index is 6.06. The van der Waals surface area contributed by atoms with E-state index in [1.54, 1.807) is 0 Å². The molecule has 0 unspecified atom stereocenters. The maximum Gasteiger partial charge on any atom is 0.0417 e. The zero-order valence-electron chi connectivity index (χ0n) is 11.3. The molecule has 0 aliphatic rings. The topological polar surface area (TPSA) is 12.0 Å². The van der Waals surface area contributed by atoms with Crippen LogP contribution in [0.2, 0.25) is 5.02 Å². The van der Waals surface area contributed by atoms with Gasteiger partial charge in [-0.1, -0.05) is 31.5 Å². The number of rotatable bonds is 4. The van der Waals surface area contributed by atoms with Gasteiger partial charge < -0.3 is 5.32 Å². The van der Waals surface area contributed by atoms with Crippen LogP contribution in [-0.4, -0.2) is 10.8 Å². The van der Waals surface area contributed by atoms with Gasteiger partial charge in [-0.3, -0.25) is 0 Å². The fourth-order valence-corrected chi connectivity index (χ4v) is 2.63. The number of thioether (sulfide) groups is 1. The SMILES string of the molecule is CC(C)Sc1cc(Cl)ccc1CNC(C)(C)C. The molecule has 0 amide bonds. The molecule has 0 radical (unpaired) electrons. The molecule has 0 aliphatic carbocycles. The number of hydrogen-bond donors (Lipinski definition) is 1. The summed E-state index contributed by atoms with van der Waals surface area (Å²) in [5.74, 6) is 0. The van der Waals surface area contributed by atoms with Gasteiger partial charge in [0.25, 0.3) is 0 Å². The number of nitrogens with one attached hydrogen (secondary N) is 1. The van der Waals surface area contributed by atoms with Crippen LogP contribution >= 0.6 is 23.4 Å². The summed E-state index contributed by atoms with van der Waals surface area (Å²) in [5, 5.41) is 4.90. The van der Waals surface area contributed by atoms with Gasteiger partial charge in [0, 0.05) is 27.3 Å². The van der Waals surface area contributed by atoms with Gasteiger partial charge in [-0.25, -0.2) is 0 Å². The third-order valence-corrected chi connectivity index (χ3v) is 3.54. The highest BCUT2D eigenvalue weighted by molar-refractivity contribution is 8.00. The van der Waals surface area contributed by atoms with Crippen molar-refractivity contribution in [2.75, 3.05) is 0 Å². The smallest absolute Gasteiger partial charge is 0.0417 e. The van der Waals surface area contributed by atoms with Crippen LogP contribution in [0.5, 0.6) is 0 Å². The monoisotopic (exact) mass is 271 g/mol. The first-order valence-corrected chi connectivity index (χ1v) is 7.24. The maximum atomic E-state index is 6.06. The van der Waals surface area contributed by atoms with Crippen LogP contribution in [0.4, 0.5) is 0 Å². The minimum Gasteiger partial charge on any atom is -0.308 e. The van der Waals surface area contributed by atoms with Gasteiger partial charge in [0.05, 0.1) is 0 Å². The van der Waals surface area contributed by atoms with Gasteiger partial charge in [-0.15, -0.1) is 11.8 Å². The minimum absolute atomic E-state index is 0.138. The Kier molecular flexibility index (Phi) is 5.36. The molecule has 96 valence electrons. The second-order valence-corrected chi connectivity index (χ2v) is 7.58. The van der Waals surface area contributed by atoms with Crippen LogP contribution in [0.15, 0.2) is 23.1 Å². The van der Waals surface area contributed by atoms with Crippen molar-refractivity contribution in [3.8, 4) is 0 Å². The molecule has 0 heterocycles. The third kappa shape index (κ3) is 5.80. The highest BCUT2D eigenvalue weighted by Gasteiger charge is 2.11. The molecule has 1 N–H and O–H groups in total. The zero-order chi connectivity index (χ0) is 13.1. The van der Waals surface area contributed by atoms with Crippen molar-refractivity contribution < 1.29 is 0 Å². The molecule has 0 aliphatic heterocycles. The fraction of sp³-hybridized carbons (Fsp3) is 0.571. The van der Waals surface area contributed by atoms with Crippen LogP contribution < -0.4 is 5.32 Å². The third-order valence-electron chi connectivity index (χ3n) is 2.20. The van der Waals surface area contributed by atoms with Crippen molar-refractivity contribution in [2.24, 2.45) is 0 Å². The molecule has 1 rings (SSSR count). The van der Waals surface area contributed by atoms with E-state index < -0.39 is 0 Å². The molecule has 0 fully saturated rings. The van der Waals surface area contributed by atoms with Crippen LogP contribution in [-0.2, 0) is 6.54 Å². The average molecular weight is 272 g/mol. The second-order valence-electron chi connectivity index (χ2n) is 5.52. The van der Waals surface area contributed by atoms with E-state index in [9.17, 15) is 0 Å². The summed E-state index contributed by atoms with van der Waals surface area (Å²) in [7, 11) is 0. The Labute approximate surface area is 114 Å². The molecule has 0 bridgehead atoms. The molecular weight excluding hydrogens is 250 g/mol. The van der Waals surface area contributed by atoms with E-state index in [4.69, 9.17) is 11.6 Å². The van der Waals surface area contributed by atoms with Gasteiger partial charge >= 0.3 is 0 Å². The highest BCUT2D eigenvalue weighted by Crippen LogP contribution is 2.29. The van der Waals surface area contributed by atoms with Gasteiger partial charge in [-0.05, 0) is 38.5 Å². The number of benzene rings is 1. The van der Waals surface area contributed by atoms with E-state index in [0.717, 1.165) is 11.6 Å². The molecule has 0 aromatic heterocycles. The summed E-state index contributed by atoms with van der Waals surface area (Å²) >= 11 is 7.92. The fourth-order valence-electron chi connectivity index (χ4n) is 1.40. The van der Waals surface area contributed by atoms with Crippen LogP contribution in [0.1, 0.15) is 40.2 Å². The first kappa shape index (κ1) is 14.9. The lowest BCUT2D eigenvalue weighted by molar-refractivity contribution is 0.422. The molecule has 17 heavy (non-hydrogen) atoms. The first-order chi connectivity index (χ1) is 7.78. The summed E-state index contributed by atoms with van der Waals surface area (Å²) in [5.41, 5.74) is 1.46. The van der Waals surface area contributed by atoms with Gasteiger partial charge in [0.2, 0.25) is 0 Å². The van der Waals surface area contributed by atoms with Crippen molar-refractivity contribution in [1.29, 1.82) is 0 Å². The molecule has 0 spiro atoms. The Bertz CT molecular complexity index is 369. The largest absolute Gasteiger partial charge is 0.308 e. The second kappa shape index (κ2) is 6.12. The number of hydrogen-bond acceptors (Lipinski definition) is 2. The molecule has 3 heteroatoms. The summed E-state index contributed by atoms with van der Waals surface area (Å²) < 4.78 is 0. The van der Waals surface area contributed by atoms with Crippen molar-refractivity contribution in [3.63, 3.8) is 0 Å². The lowest BCUT2D eigenvalue weighted by Crippen LogP contribution is -2.35. The van der Waals surface area contributed by atoms with Gasteiger partial charge in [-0.2, -0.15) is 0 Å². The molecule has 1 aromatic carbocycles. The predicted octanol–water partition coefficient (Wildman–Crippen LogP) is 4.73. The molecule has 0 atom stereocenters. The van der Waals surface area contributed by atoms with E-state index in [2.05, 4.69) is 52.1 Å². The summed E-state index contributed by atoms with van der Waals surface area (Å²) in [6.45, 7) is 11.8. The Morgan fingerprint density at radius 1 is 1.29 bits per heavy atom. The molecule has 0 saturated carbocycles. The van der Waals surface area contributed by atoms with Crippen molar-refractivity contribution in [1.82, 2.24) is 5.32 Å². The van der Waals surface area contributed by atoms with E-state index in [1.165, 1.54) is 10.5 Å². The van der Waals surface area contributed by atoms with Crippen LogP contribution in [0.25, 0.3) is 0 Å². The standard InChI is InChI=1S/C14H22ClNS/c1-10(2)17-13-8-12(15)7-6-11(13)9-16-14(3,4)5/h6-8,10,16H,9H2,1-5H3. The predicted molar refractivity (Wildman–Crippen MR) is 79.0 cm³/mol. The molecule has 1 nitrogen and oxygen atoms in total. The summed E-state index contributed by atoms with van der Waals surface area (Å²) in [4.78, 5) is 1.28. The highest BCUT2D eigenvalue weighted by atomic mass is 35.5. The molecular formula is C14H22ClNS. The normalized spacial score (nSPS) is 12.2. The lowest BCUT2D eigenvalue weighted by Gasteiger charge is -2.22. The zero-order valence-corrected chi connectivity index (χ0v) is 12.9. The Balaban J connectivity index is 2.82. The minimum atomic E-state index is 0.138.